The Labute approximate surface area is 153 Å². The van der Waals surface area contributed by atoms with E-state index in [0.29, 0.717) is 6.04 Å². The summed E-state index contributed by atoms with van der Waals surface area (Å²) in [6.45, 7) is 0.834. The molecule has 2 N–H and O–H groups in total. The summed E-state index contributed by atoms with van der Waals surface area (Å²) in [6, 6.07) is 15.5. The predicted molar refractivity (Wildman–Crippen MR) is 107 cm³/mol. The van der Waals surface area contributed by atoms with Gasteiger partial charge in [-0.25, -0.2) is 4.98 Å². The zero-order valence-electron chi connectivity index (χ0n) is 14.9. The fourth-order valence-corrected chi connectivity index (χ4v) is 4.42. The lowest BCUT2D eigenvalue weighted by atomic mass is 9.95. The lowest BCUT2D eigenvalue weighted by Crippen LogP contribution is -2.16. The van der Waals surface area contributed by atoms with Gasteiger partial charge in [-0.05, 0) is 37.1 Å². The zero-order valence-corrected chi connectivity index (χ0v) is 14.9. The Balaban J connectivity index is 1.61. The minimum atomic E-state index is 0.592. The quantitative estimate of drug-likeness (QED) is 0.503. The average Bonchev–Trinajstić information content (AvgIpc) is 3.31. The normalized spacial score (nSPS) is 15.7. The van der Waals surface area contributed by atoms with Gasteiger partial charge >= 0.3 is 0 Å². The number of nitrogens with zero attached hydrogens (tertiary/aromatic N) is 2. The smallest absolute Gasteiger partial charge is 0.139 e. The molecule has 3 aromatic heterocycles. The lowest BCUT2D eigenvalue weighted by Gasteiger charge is -2.27. The van der Waals surface area contributed by atoms with Crippen LogP contribution >= 0.6 is 0 Å². The van der Waals surface area contributed by atoms with Crippen molar-refractivity contribution in [3.63, 3.8) is 0 Å². The van der Waals surface area contributed by atoms with E-state index in [4.69, 9.17) is 0 Å². The van der Waals surface area contributed by atoms with E-state index in [1.54, 1.807) is 0 Å². The van der Waals surface area contributed by atoms with E-state index in [-0.39, 0.29) is 0 Å². The largest absolute Gasteiger partial charge is 0.379 e. The Morgan fingerprint density at radius 3 is 2.77 bits per heavy atom. The molecule has 1 aromatic carbocycles. The number of hydrogen-bond acceptors (Lipinski definition) is 2. The van der Waals surface area contributed by atoms with Gasteiger partial charge < -0.3 is 14.9 Å². The van der Waals surface area contributed by atoms with Crippen LogP contribution in [0.25, 0.3) is 21.9 Å². The fraction of sp³-hybridized carbons (Fsp3) is 0.318. The van der Waals surface area contributed by atoms with E-state index in [0.717, 1.165) is 17.9 Å². The summed E-state index contributed by atoms with van der Waals surface area (Å²) in [7, 11) is 0. The summed E-state index contributed by atoms with van der Waals surface area (Å²) in [5.74, 6) is 0. The van der Waals surface area contributed by atoms with Gasteiger partial charge in [0, 0.05) is 40.6 Å². The zero-order chi connectivity index (χ0) is 17.3. The highest BCUT2D eigenvalue weighted by Crippen LogP contribution is 2.36. The number of benzene rings is 1. The molecule has 0 unspecified atom stereocenters. The summed E-state index contributed by atoms with van der Waals surface area (Å²) < 4.78 is 2.60. The van der Waals surface area contributed by atoms with Crippen molar-refractivity contribution in [1.82, 2.24) is 14.5 Å². The molecule has 26 heavy (non-hydrogen) atoms. The van der Waals surface area contributed by atoms with Gasteiger partial charge in [-0.3, -0.25) is 0 Å². The first-order valence-corrected chi connectivity index (χ1v) is 9.65. The Bertz CT molecular complexity index is 1020. The second kappa shape index (κ2) is 6.52. The number of anilines is 1. The number of para-hydroxylation sites is 1. The standard InChI is InChI=1S/C22H24N4/c1-3-7-17(8-4-1)24-15-19-13-16-14-25-22-20(11-12-23-22)21(16)26(19)18-9-5-2-6-10-18/h1,3-4,7-8,11-14,18,24H,2,5-6,9-10,15H2,(H,23,25). The SMILES string of the molecule is c1ccc(NCc2cc3cnc4[nH]ccc4c3n2C2CCCCC2)cc1. The Morgan fingerprint density at radius 2 is 1.92 bits per heavy atom. The third kappa shape index (κ3) is 2.66. The predicted octanol–water partition coefficient (Wildman–Crippen LogP) is 5.63. The molecule has 1 saturated carbocycles. The lowest BCUT2D eigenvalue weighted by molar-refractivity contribution is 0.355. The molecule has 1 fully saturated rings. The minimum Gasteiger partial charge on any atom is -0.379 e. The molecule has 0 aliphatic heterocycles. The number of aromatic amines is 1. The number of nitrogens with one attached hydrogen (secondary N) is 2. The van der Waals surface area contributed by atoms with E-state index >= 15 is 0 Å². The Hall–Kier alpha value is -2.75. The van der Waals surface area contributed by atoms with Crippen molar-refractivity contribution in [2.45, 2.75) is 44.7 Å². The molecule has 0 bridgehead atoms. The highest BCUT2D eigenvalue weighted by Gasteiger charge is 2.22. The maximum Gasteiger partial charge on any atom is 0.139 e. The highest BCUT2D eigenvalue weighted by molar-refractivity contribution is 6.03. The molecule has 0 radical (unpaired) electrons. The molecule has 0 saturated heterocycles. The van der Waals surface area contributed by atoms with Gasteiger partial charge in [-0.2, -0.15) is 0 Å². The van der Waals surface area contributed by atoms with Crippen LogP contribution < -0.4 is 5.32 Å². The van der Waals surface area contributed by atoms with Crippen LogP contribution in [-0.2, 0) is 6.54 Å². The molecule has 1 aliphatic rings. The van der Waals surface area contributed by atoms with Gasteiger partial charge in [-0.15, -0.1) is 0 Å². The van der Waals surface area contributed by atoms with E-state index < -0.39 is 0 Å². The van der Waals surface area contributed by atoms with Crippen LogP contribution in [0.1, 0.15) is 43.8 Å². The molecule has 1 aliphatic carbocycles. The molecule has 0 spiro atoms. The third-order valence-electron chi connectivity index (χ3n) is 5.65. The van der Waals surface area contributed by atoms with Crippen molar-refractivity contribution in [3.05, 3.63) is 60.6 Å². The van der Waals surface area contributed by atoms with E-state index in [2.05, 4.69) is 62.3 Å². The van der Waals surface area contributed by atoms with E-state index in [1.807, 2.05) is 12.4 Å². The molecule has 3 heterocycles. The van der Waals surface area contributed by atoms with Gasteiger partial charge in [0.25, 0.3) is 0 Å². The van der Waals surface area contributed by atoms with Gasteiger partial charge in [0.05, 0.1) is 12.1 Å². The van der Waals surface area contributed by atoms with Crippen LogP contribution in [0.3, 0.4) is 0 Å². The number of aromatic nitrogens is 3. The van der Waals surface area contributed by atoms with Crippen molar-refractivity contribution in [2.24, 2.45) is 0 Å². The van der Waals surface area contributed by atoms with Crippen molar-refractivity contribution in [1.29, 1.82) is 0 Å². The van der Waals surface area contributed by atoms with Crippen LogP contribution in [0.15, 0.2) is 54.9 Å². The van der Waals surface area contributed by atoms with E-state index in [1.165, 1.54) is 54.1 Å². The molecule has 4 aromatic rings. The van der Waals surface area contributed by atoms with E-state index in [9.17, 15) is 0 Å². The van der Waals surface area contributed by atoms with Crippen LogP contribution in [-0.4, -0.2) is 14.5 Å². The minimum absolute atomic E-state index is 0.592. The van der Waals surface area contributed by atoms with Crippen LogP contribution in [0.2, 0.25) is 0 Å². The number of H-pyrrole nitrogens is 1. The van der Waals surface area contributed by atoms with Crippen LogP contribution in [0, 0.1) is 0 Å². The fourth-order valence-electron chi connectivity index (χ4n) is 4.42. The number of fused-ring (bicyclic) bond motifs is 3. The number of hydrogen-bond donors (Lipinski definition) is 2. The van der Waals surface area contributed by atoms with Crippen molar-refractivity contribution in [2.75, 3.05) is 5.32 Å². The monoisotopic (exact) mass is 344 g/mol. The number of rotatable bonds is 4. The summed E-state index contributed by atoms with van der Waals surface area (Å²) in [5.41, 5.74) is 4.84. The maximum absolute atomic E-state index is 4.60. The second-order valence-electron chi connectivity index (χ2n) is 7.32. The van der Waals surface area contributed by atoms with Gasteiger partial charge in [0.15, 0.2) is 0 Å². The van der Waals surface area contributed by atoms with Gasteiger partial charge in [-0.1, -0.05) is 37.5 Å². The first kappa shape index (κ1) is 15.5. The Kier molecular flexibility index (Phi) is 3.89. The molecule has 5 rings (SSSR count). The number of pyridine rings is 1. The molecule has 4 heteroatoms. The molecule has 132 valence electrons. The first-order chi connectivity index (χ1) is 12.9. The van der Waals surface area contributed by atoms with Crippen molar-refractivity contribution < 1.29 is 0 Å². The van der Waals surface area contributed by atoms with Crippen molar-refractivity contribution >= 4 is 27.6 Å². The summed E-state index contributed by atoms with van der Waals surface area (Å²) in [6.07, 6.45) is 10.6. The summed E-state index contributed by atoms with van der Waals surface area (Å²) >= 11 is 0. The Morgan fingerprint density at radius 1 is 1.08 bits per heavy atom. The summed E-state index contributed by atoms with van der Waals surface area (Å²) in [5, 5.41) is 6.07. The van der Waals surface area contributed by atoms with Crippen LogP contribution in [0.4, 0.5) is 5.69 Å². The molecular weight excluding hydrogens is 320 g/mol. The average molecular weight is 344 g/mol. The third-order valence-corrected chi connectivity index (χ3v) is 5.65. The topological polar surface area (TPSA) is 45.6 Å². The molecular formula is C22H24N4. The second-order valence-corrected chi connectivity index (χ2v) is 7.32. The summed E-state index contributed by atoms with van der Waals surface area (Å²) in [4.78, 5) is 7.87. The first-order valence-electron chi connectivity index (χ1n) is 9.65. The van der Waals surface area contributed by atoms with Gasteiger partial charge in [0.1, 0.15) is 5.65 Å². The molecule has 0 amide bonds. The van der Waals surface area contributed by atoms with Crippen molar-refractivity contribution in [3.8, 4) is 0 Å². The molecule has 0 atom stereocenters. The highest BCUT2D eigenvalue weighted by atomic mass is 15.1. The maximum atomic E-state index is 4.60. The van der Waals surface area contributed by atoms with Crippen LogP contribution in [0.5, 0.6) is 0 Å². The molecule has 4 nitrogen and oxygen atoms in total. The van der Waals surface area contributed by atoms with Gasteiger partial charge in [0.2, 0.25) is 0 Å².